The van der Waals surface area contributed by atoms with Gasteiger partial charge >= 0.3 is 5.97 Å². The van der Waals surface area contributed by atoms with Crippen LogP contribution < -0.4 is 5.32 Å². The molecule has 0 radical (unpaired) electrons. The largest absolute Gasteiger partial charge is 0.469 e. The minimum absolute atomic E-state index is 0.0782. The molecule has 0 amide bonds. The molecule has 0 aliphatic carbocycles. The lowest BCUT2D eigenvalue weighted by atomic mass is 10.0. The third kappa shape index (κ3) is 3.57. The minimum atomic E-state index is -0.186. The van der Waals surface area contributed by atoms with Gasteiger partial charge in [-0.25, -0.2) is 4.98 Å². The second-order valence-electron chi connectivity index (χ2n) is 3.84. The second kappa shape index (κ2) is 5.96. The summed E-state index contributed by atoms with van der Waals surface area (Å²) in [5.41, 5.74) is 1.02. The first-order valence-electron chi connectivity index (χ1n) is 5.26. The smallest absolute Gasteiger partial charge is 0.309 e. The molecule has 0 saturated heterocycles. The lowest BCUT2D eigenvalue weighted by molar-refractivity contribution is -0.145. The van der Waals surface area contributed by atoms with Crippen LogP contribution in [0.3, 0.4) is 0 Å². The lowest BCUT2D eigenvalue weighted by Crippen LogP contribution is -2.36. The number of hydrogen-bond donors (Lipinski definition) is 1. The molecule has 2 unspecified atom stereocenters. The number of carbonyl (C=O) groups is 1. The van der Waals surface area contributed by atoms with E-state index < -0.39 is 0 Å². The number of aromatic nitrogens is 1. The van der Waals surface area contributed by atoms with Crippen molar-refractivity contribution in [2.45, 2.75) is 33.4 Å². The maximum absolute atomic E-state index is 11.3. The molecule has 0 aromatic carbocycles. The zero-order valence-corrected chi connectivity index (χ0v) is 10.9. The number of aryl methyl sites for hydroxylation is 1. The molecular formula is C11H18N2O2S. The molecule has 0 spiro atoms. The van der Waals surface area contributed by atoms with Crippen molar-refractivity contribution in [1.29, 1.82) is 0 Å². The van der Waals surface area contributed by atoms with Crippen LogP contribution in [0.5, 0.6) is 0 Å². The summed E-state index contributed by atoms with van der Waals surface area (Å²) in [7, 11) is 1.41. The molecule has 4 nitrogen and oxygen atoms in total. The van der Waals surface area contributed by atoms with Gasteiger partial charge in [0.15, 0.2) is 0 Å². The van der Waals surface area contributed by atoms with Crippen molar-refractivity contribution in [3.05, 3.63) is 16.1 Å². The van der Waals surface area contributed by atoms with Gasteiger partial charge in [0.05, 0.1) is 23.7 Å². The lowest BCUT2D eigenvalue weighted by Gasteiger charge is -2.18. The Kier molecular flexibility index (Phi) is 4.89. The van der Waals surface area contributed by atoms with E-state index in [1.54, 1.807) is 11.3 Å². The maximum atomic E-state index is 11.3. The molecule has 5 heteroatoms. The molecule has 0 bridgehead atoms. The van der Waals surface area contributed by atoms with Crippen molar-refractivity contribution in [2.75, 3.05) is 7.11 Å². The molecule has 0 aliphatic heterocycles. The number of hydrogen-bond acceptors (Lipinski definition) is 5. The fourth-order valence-corrected chi connectivity index (χ4v) is 1.93. The zero-order valence-electron chi connectivity index (χ0n) is 10.1. The molecule has 0 saturated carbocycles. The second-order valence-corrected chi connectivity index (χ2v) is 4.90. The average Bonchev–Trinajstić information content (AvgIpc) is 2.69. The van der Waals surface area contributed by atoms with Crippen LogP contribution in [-0.2, 0) is 16.1 Å². The molecule has 1 N–H and O–H groups in total. The number of esters is 1. The summed E-state index contributed by atoms with van der Waals surface area (Å²) in [6, 6.07) is 0.0782. The van der Waals surface area contributed by atoms with E-state index in [1.807, 2.05) is 26.2 Å². The van der Waals surface area contributed by atoms with Crippen LogP contribution in [-0.4, -0.2) is 24.1 Å². The summed E-state index contributed by atoms with van der Waals surface area (Å²) in [5.74, 6) is -0.334. The van der Waals surface area contributed by atoms with Crippen molar-refractivity contribution < 1.29 is 9.53 Å². The summed E-state index contributed by atoms with van der Waals surface area (Å²) in [6.45, 7) is 6.50. The van der Waals surface area contributed by atoms with Gasteiger partial charge in [-0.1, -0.05) is 6.92 Å². The third-order valence-corrected chi connectivity index (χ3v) is 3.42. The van der Waals surface area contributed by atoms with Crippen molar-refractivity contribution in [1.82, 2.24) is 10.3 Å². The fraction of sp³-hybridized carbons (Fsp3) is 0.636. The average molecular weight is 242 g/mol. The normalized spacial score (nSPS) is 14.5. The summed E-state index contributed by atoms with van der Waals surface area (Å²) in [6.07, 6.45) is 0. The highest BCUT2D eigenvalue weighted by molar-refractivity contribution is 7.09. The Labute approximate surface area is 100 Å². The predicted molar refractivity (Wildman–Crippen MR) is 64.3 cm³/mol. The number of nitrogens with one attached hydrogen (secondary N) is 1. The van der Waals surface area contributed by atoms with Crippen molar-refractivity contribution >= 4 is 17.3 Å². The Morgan fingerprint density at radius 3 is 2.81 bits per heavy atom. The van der Waals surface area contributed by atoms with E-state index in [4.69, 9.17) is 4.74 Å². The summed E-state index contributed by atoms with van der Waals surface area (Å²) in [5, 5.41) is 6.36. The van der Waals surface area contributed by atoms with Gasteiger partial charge in [-0.3, -0.25) is 4.79 Å². The van der Waals surface area contributed by atoms with E-state index in [-0.39, 0.29) is 17.9 Å². The highest BCUT2D eigenvalue weighted by Gasteiger charge is 2.20. The van der Waals surface area contributed by atoms with Gasteiger partial charge in [0.1, 0.15) is 0 Å². The van der Waals surface area contributed by atoms with Gasteiger partial charge in [-0.05, 0) is 13.8 Å². The van der Waals surface area contributed by atoms with Crippen LogP contribution in [0.15, 0.2) is 5.38 Å². The van der Waals surface area contributed by atoms with Gasteiger partial charge in [0.25, 0.3) is 0 Å². The molecule has 90 valence electrons. The standard InChI is InChI=1S/C11H18N2O2S/c1-7(11(14)15-4)8(2)12-5-10-6-16-9(3)13-10/h6-8,12H,5H2,1-4H3. The highest BCUT2D eigenvalue weighted by Crippen LogP contribution is 2.09. The molecule has 2 atom stereocenters. The molecule has 1 aromatic heterocycles. The first-order chi connectivity index (χ1) is 7.54. The number of nitrogens with zero attached hydrogens (tertiary/aromatic N) is 1. The monoisotopic (exact) mass is 242 g/mol. The van der Waals surface area contributed by atoms with Crippen molar-refractivity contribution in [3.63, 3.8) is 0 Å². The topological polar surface area (TPSA) is 51.2 Å². The molecule has 1 aromatic rings. The molecule has 0 fully saturated rings. The number of methoxy groups -OCH3 is 1. The van der Waals surface area contributed by atoms with Gasteiger partial charge < -0.3 is 10.1 Å². The summed E-state index contributed by atoms with van der Waals surface area (Å²) < 4.78 is 4.70. The Morgan fingerprint density at radius 1 is 1.62 bits per heavy atom. The minimum Gasteiger partial charge on any atom is -0.469 e. The van der Waals surface area contributed by atoms with Crippen LogP contribution >= 0.6 is 11.3 Å². The van der Waals surface area contributed by atoms with Gasteiger partial charge in [-0.15, -0.1) is 11.3 Å². The first kappa shape index (κ1) is 13.1. The highest BCUT2D eigenvalue weighted by atomic mass is 32.1. The van der Waals surface area contributed by atoms with E-state index >= 15 is 0 Å². The quantitative estimate of drug-likeness (QED) is 0.799. The van der Waals surface area contributed by atoms with Gasteiger partial charge in [0.2, 0.25) is 0 Å². The number of carbonyl (C=O) groups excluding carboxylic acids is 1. The van der Waals surface area contributed by atoms with Gasteiger partial charge in [-0.2, -0.15) is 0 Å². The summed E-state index contributed by atoms with van der Waals surface area (Å²) >= 11 is 1.63. The Hall–Kier alpha value is -0.940. The van der Waals surface area contributed by atoms with Crippen LogP contribution in [0.2, 0.25) is 0 Å². The Bertz CT molecular complexity index is 352. The van der Waals surface area contributed by atoms with E-state index in [9.17, 15) is 4.79 Å². The first-order valence-corrected chi connectivity index (χ1v) is 6.14. The van der Waals surface area contributed by atoms with Crippen LogP contribution in [0.4, 0.5) is 0 Å². The molecule has 1 heterocycles. The molecule has 1 rings (SSSR count). The maximum Gasteiger partial charge on any atom is 0.309 e. The number of thiazole rings is 1. The summed E-state index contributed by atoms with van der Waals surface area (Å²) in [4.78, 5) is 15.6. The number of rotatable bonds is 5. The van der Waals surface area contributed by atoms with Crippen LogP contribution in [0.25, 0.3) is 0 Å². The molecule has 0 aliphatic rings. The van der Waals surface area contributed by atoms with E-state index in [0.717, 1.165) is 10.7 Å². The van der Waals surface area contributed by atoms with Crippen LogP contribution in [0, 0.1) is 12.8 Å². The van der Waals surface area contributed by atoms with Crippen LogP contribution in [0.1, 0.15) is 24.5 Å². The van der Waals surface area contributed by atoms with E-state index in [2.05, 4.69) is 10.3 Å². The van der Waals surface area contributed by atoms with Crippen molar-refractivity contribution in [2.24, 2.45) is 5.92 Å². The van der Waals surface area contributed by atoms with Gasteiger partial charge in [0, 0.05) is 18.0 Å². The SMILES string of the molecule is COC(=O)C(C)C(C)NCc1csc(C)n1. The Morgan fingerprint density at radius 2 is 2.31 bits per heavy atom. The van der Waals surface area contributed by atoms with E-state index in [1.165, 1.54) is 7.11 Å². The predicted octanol–water partition coefficient (Wildman–Crippen LogP) is 1.74. The number of ether oxygens (including phenoxy) is 1. The zero-order chi connectivity index (χ0) is 12.1. The van der Waals surface area contributed by atoms with Crippen molar-refractivity contribution in [3.8, 4) is 0 Å². The fourth-order valence-electron chi connectivity index (χ4n) is 1.32. The van der Waals surface area contributed by atoms with E-state index in [0.29, 0.717) is 6.54 Å². The third-order valence-electron chi connectivity index (χ3n) is 2.59. The Balaban J connectivity index is 2.40. The molecular weight excluding hydrogens is 224 g/mol. The molecule has 16 heavy (non-hydrogen) atoms.